The zero-order chi connectivity index (χ0) is 18.4. The fourth-order valence-electron chi connectivity index (χ4n) is 2.22. The second kappa shape index (κ2) is 8.31. The monoisotopic (exact) mass is 367 g/mol. The highest BCUT2D eigenvalue weighted by molar-refractivity contribution is 7.12. The number of anilines is 1. The lowest BCUT2D eigenvalue weighted by Gasteiger charge is -2.08. The Kier molecular flexibility index (Phi) is 5.66. The van der Waals surface area contributed by atoms with Crippen molar-refractivity contribution in [2.75, 3.05) is 11.9 Å². The van der Waals surface area contributed by atoms with Gasteiger partial charge in [-0.1, -0.05) is 18.2 Å². The lowest BCUT2D eigenvalue weighted by Crippen LogP contribution is -2.17. The van der Waals surface area contributed by atoms with Crippen LogP contribution in [0.1, 0.15) is 15.2 Å². The van der Waals surface area contributed by atoms with E-state index in [4.69, 9.17) is 9.47 Å². The molecule has 132 valence electrons. The number of aryl methyl sites for hydroxylation is 1. The van der Waals surface area contributed by atoms with Gasteiger partial charge < -0.3 is 14.8 Å². The Hall–Kier alpha value is -3.12. The van der Waals surface area contributed by atoms with Gasteiger partial charge in [0.2, 0.25) is 0 Å². The van der Waals surface area contributed by atoms with Crippen molar-refractivity contribution >= 4 is 28.9 Å². The molecule has 0 saturated heterocycles. The van der Waals surface area contributed by atoms with E-state index in [-0.39, 0.29) is 12.5 Å². The van der Waals surface area contributed by atoms with E-state index in [0.29, 0.717) is 22.1 Å². The summed E-state index contributed by atoms with van der Waals surface area (Å²) in [4.78, 5) is 24.5. The van der Waals surface area contributed by atoms with E-state index in [1.54, 1.807) is 36.4 Å². The van der Waals surface area contributed by atoms with Crippen LogP contribution in [-0.2, 0) is 4.79 Å². The fraction of sp³-hybridized carbons (Fsp3) is 0.100. The molecule has 26 heavy (non-hydrogen) atoms. The van der Waals surface area contributed by atoms with Gasteiger partial charge in [0.25, 0.3) is 5.91 Å². The number of benzene rings is 2. The number of esters is 1. The third-order valence-electron chi connectivity index (χ3n) is 3.44. The van der Waals surface area contributed by atoms with Crippen LogP contribution in [-0.4, -0.2) is 18.5 Å². The standard InChI is InChI=1S/C20H17NO4S/c1-14-4-2-5-17(12-14)24-13-19(22)25-16-9-7-15(8-10-16)21-20(23)18-6-3-11-26-18/h2-12H,13H2,1H3,(H,21,23). The SMILES string of the molecule is Cc1cccc(OCC(=O)Oc2ccc(NC(=O)c3cccs3)cc2)c1. The van der Waals surface area contributed by atoms with Crippen LogP contribution in [0.3, 0.4) is 0 Å². The van der Waals surface area contributed by atoms with E-state index >= 15 is 0 Å². The quantitative estimate of drug-likeness (QED) is 0.521. The van der Waals surface area contributed by atoms with Crippen molar-refractivity contribution in [3.05, 3.63) is 76.5 Å². The third kappa shape index (κ3) is 4.94. The first-order valence-corrected chi connectivity index (χ1v) is 8.83. The molecule has 0 fully saturated rings. The molecule has 3 aromatic rings. The molecule has 1 heterocycles. The second-order valence-electron chi connectivity index (χ2n) is 5.54. The molecule has 3 rings (SSSR count). The summed E-state index contributed by atoms with van der Waals surface area (Å²) in [5.41, 5.74) is 1.68. The predicted octanol–water partition coefficient (Wildman–Crippen LogP) is 4.29. The zero-order valence-electron chi connectivity index (χ0n) is 14.1. The van der Waals surface area contributed by atoms with Gasteiger partial charge in [0.1, 0.15) is 11.5 Å². The first-order chi connectivity index (χ1) is 12.6. The summed E-state index contributed by atoms with van der Waals surface area (Å²) in [5.74, 6) is 0.337. The predicted molar refractivity (Wildman–Crippen MR) is 101 cm³/mol. The molecule has 0 radical (unpaired) electrons. The Labute approximate surface area is 155 Å². The summed E-state index contributed by atoms with van der Waals surface area (Å²) >= 11 is 1.37. The number of rotatable bonds is 6. The topological polar surface area (TPSA) is 64.6 Å². The van der Waals surface area contributed by atoms with Crippen LogP contribution >= 0.6 is 11.3 Å². The first kappa shape index (κ1) is 17.7. The molecule has 0 bridgehead atoms. The maximum absolute atomic E-state index is 12.0. The van der Waals surface area contributed by atoms with E-state index in [0.717, 1.165) is 5.56 Å². The molecule has 0 atom stereocenters. The van der Waals surface area contributed by atoms with Crippen LogP contribution < -0.4 is 14.8 Å². The van der Waals surface area contributed by atoms with Crippen LogP contribution in [0, 0.1) is 6.92 Å². The van der Waals surface area contributed by atoms with Crippen molar-refractivity contribution in [1.82, 2.24) is 0 Å². The van der Waals surface area contributed by atoms with Crippen molar-refractivity contribution in [1.29, 1.82) is 0 Å². The third-order valence-corrected chi connectivity index (χ3v) is 4.30. The molecule has 0 aliphatic rings. The molecule has 1 N–H and O–H groups in total. The number of carbonyl (C=O) groups excluding carboxylic acids is 2. The second-order valence-corrected chi connectivity index (χ2v) is 6.48. The molecule has 1 aromatic heterocycles. The molecular weight excluding hydrogens is 350 g/mol. The van der Waals surface area contributed by atoms with Crippen molar-refractivity contribution in [2.24, 2.45) is 0 Å². The Morgan fingerprint density at radius 3 is 2.50 bits per heavy atom. The molecule has 5 nitrogen and oxygen atoms in total. The summed E-state index contributed by atoms with van der Waals surface area (Å²) in [6.45, 7) is 1.77. The van der Waals surface area contributed by atoms with Crippen molar-refractivity contribution < 1.29 is 19.1 Å². The summed E-state index contributed by atoms with van der Waals surface area (Å²) in [6, 6.07) is 17.6. The average Bonchev–Trinajstić information content (AvgIpc) is 3.17. The van der Waals surface area contributed by atoms with E-state index in [1.165, 1.54) is 11.3 Å². The van der Waals surface area contributed by atoms with Crippen molar-refractivity contribution in [3.8, 4) is 11.5 Å². The Morgan fingerprint density at radius 2 is 1.81 bits per heavy atom. The number of thiophene rings is 1. The first-order valence-electron chi connectivity index (χ1n) is 7.95. The smallest absolute Gasteiger partial charge is 0.349 e. The number of nitrogens with one attached hydrogen (secondary N) is 1. The molecule has 2 aromatic carbocycles. The molecule has 0 aliphatic carbocycles. The Morgan fingerprint density at radius 1 is 1.00 bits per heavy atom. The van der Waals surface area contributed by atoms with E-state index in [1.807, 2.05) is 36.6 Å². The highest BCUT2D eigenvalue weighted by Gasteiger charge is 2.09. The van der Waals surface area contributed by atoms with Crippen molar-refractivity contribution in [2.45, 2.75) is 6.92 Å². The number of hydrogen-bond acceptors (Lipinski definition) is 5. The fourth-order valence-corrected chi connectivity index (χ4v) is 2.83. The molecule has 0 saturated carbocycles. The highest BCUT2D eigenvalue weighted by Crippen LogP contribution is 2.18. The van der Waals surface area contributed by atoms with Crippen LogP contribution in [0.2, 0.25) is 0 Å². The van der Waals surface area contributed by atoms with Gasteiger partial charge in [0, 0.05) is 5.69 Å². The normalized spacial score (nSPS) is 10.2. The van der Waals surface area contributed by atoms with E-state index in [2.05, 4.69) is 5.32 Å². The van der Waals surface area contributed by atoms with Crippen LogP contribution in [0.25, 0.3) is 0 Å². The van der Waals surface area contributed by atoms with Crippen LogP contribution in [0.5, 0.6) is 11.5 Å². The van der Waals surface area contributed by atoms with Gasteiger partial charge in [0.15, 0.2) is 6.61 Å². The van der Waals surface area contributed by atoms with Gasteiger partial charge in [-0.15, -0.1) is 11.3 Å². The van der Waals surface area contributed by atoms with E-state index in [9.17, 15) is 9.59 Å². The lowest BCUT2D eigenvalue weighted by molar-refractivity contribution is -0.136. The molecule has 6 heteroatoms. The maximum atomic E-state index is 12.0. The number of ether oxygens (including phenoxy) is 2. The minimum absolute atomic E-state index is 0.170. The Bertz CT molecular complexity index is 888. The van der Waals surface area contributed by atoms with Gasteiger partial charge in [0.05, 0.1) is 4.88 Å². The van der Waals surface area contributed by atoms with Crippen molar-refractivity contribution in [3.63, 3.8) is 0 Å². The number of hydrogen-bond donors (Lipinski definition) is 1. The molecule has 1 amide bonds. The summed E-state index contributed by atoms with van der Waals surface area (Å²) in [5, 5.41) is 4.63. The lowest BCUT2D eigenvalue weighted by atomic mass is 10.2. The van der Waals surface area contributed by atoms with Gasteiger partial charge in [-0.3, -0.25) is 4.79 Å². The van der Waals surface area contributed by atoms with Crippen LogP contribution in [0.15, 0.2) is 66.0 Å². The highest BCUT2D eigenvalue weighted by atomic mass is 32.1. The maximum Gasteiger partial charge on any atom is 0.349 e. The van der Waals surface area contributed by atoms with Gasteiger partial charge in [-0.25, -0.2) is 4.79 Å². The van der Waals surface area contributed by atoms with Gasteiger partial charge >= 0.3 is 5.97 Å². The average molecular weight is 367 g/mol. The molecular formula is C20H17NO4S. The number of amides is 1. The molecule has 0 aliphatic heterocycles. The van der Waals surface area contributed by atoms with E-state index < -0.39 is 5.97 Å². The summed E-state index contributed by atoms with van der Waals surface area (Å²) < 4.78 is 10.6. The summed E-state index contributed by atoms with van der Waals surface area (Å²) in [6.07, 6.45) is 0. The largest absolute Gasteiger partial charge is 0.482 e. The van der Waals surface area contributed by atoms with Gasteiger partial charge in [-0.2, -0.15) is 0 Å². The minimum atomic E-state index is -0.498. The zero-order valence-corrected chi connectivity index (χ0v) is 14.9. The Balaban J connectivity index is 1.50. The minimum Gasteiger partial charge on any atom is -0.482 e. The van der Waals surface area contributed by atoms with Crippen LogP contribution in [0.4, 0.5) is 5.69 Å². The van der Waals surface area contributed by atoms with Gasteiger partial charge in [-0.05, 0) is 60.3 Å². The molecule has 0 spiro atoms. The molecule has 0 unspecified atom stereocenters. The summed E-state index contributed by atoms with van der Waals surface area (Å²) in [7, 11) is 0. The number of carbonyl (C=O) groups is 2.